The van der Waals surface area contributed by atoms with Crippen molar-refractivity contribution in [1.82, 2.24) is 5.32 Å². The van der Waals surface area contributed by atoms with Crippen LogP contribution in [0, 0.1) is 11.2 Å². The molecule has 1 aliphatic rings. The second-order valence-corrected chi connectivity index (χ2v) is 5.96. The van der Waals surface area contributed by atoms with Crippen molar-refractivity contribution in [3.63, 3.8) is 0 Å². The van der Waals surface area contributed by atoms with Crippen LogP contribution < -0.4 is 5.32 Å². The maximum absolute atomic E-state index is 13.1. The molecule has 0 spiro atoms. The van der Waals surface area contributed by atoms with Crippen LogP contribution in [0.5, 0.6) is 0 Å². The maximum Gasteiger partial charge on any atom is 0.137 e. The third-order valence-electron chi connectivity index (χ3n) is 3.55. The molecule has 1 saturated carbocycles. The van der Waals surface area contributed by atoms with Gasteiger partial charge in [0.25, 0.3) is 0 Å². The molecule has 94 valence electrons. The lowest BCUT2D eigenvalue weighted by atomic mass is 10.0. The fraction of sp³-hybridized carbons (Fsp3) is 0.571. The molecular weight excluding hydrogens is 281 g/mol. The van der Waals surface area contributed by atoms with Crippen molar-refractivity contribution < 1.29 is 4.39 Å². The third kappa shape index (κ3) is 3.52. The van der Waals surface area contributed by atoms with E-state index >= 15 is 0 Å². The minimum Gasteiger partial charge on any atom is -0.312 e. The van der Waals surface area contributed by atoms with Crippen molar-refractivity contribution in [2.45, 2.75) is 39.2 Å². The molecule has 2 rings (SSSR count). The second-order valence-electron chi connectivity index (χ2n) is 5.10. The molecule has 0 aliphatic heterocycles. The lowest BCUT2D eigenvalue weighted by molar-refractivity contribution is 0.421. The van der Waals surface area contributed by atoms with Gasteiger partial charge in [-0.3, -0.25) is 0 Å². The van der Waals surface area contributed by atoms with Gasteiger partial charge in [0.2, 0.25) is 0 Å². The highest BCUT2D eigenvalue weighted by Gasteiger charge is 2.40. The van der Waals surface area contributed by atoms with Gasteiger partial charge in [-0.15, -0.1) is 0 Å². The Bertz CT molecular complexity index is 388. The summed E-state index contributed by atoms with van der Waals surface area (Å²) >= 11 is 3.21. The van der Waals surface area contributed by atoms with Gasteiger partial charge < -0.3 is 5.32 Å². The Morgan fingerprint density at radius 1 is 1.41 bits per heavy atom. The molecule has 0 radical (unpaired) electrons. The fourth-order valence-corrected chi connectivity index (χ4v) is 2.77. The first-order valence-corrected chi connectivity index (χ1v) is 7.09. The highest BCUT2D eigenvalue weighted by Crippen LogP contribution is 2.48. The lowest BCUT2D eigenvalue weighted by Gasteiger charge is -2.15. The normalized spacial score (nSPS) is 17.1. The van der Waals surface area contributed by atoms with Crippen LogP contribution >= 0.6 is 15.9 Å². The zero-order valence-corrected chi connectivity index (χ0v) is 11.8. The van der Waals surface area contributed by atoms with Crippen molar-refractivity contribution in [2.75, 3.05) is 6.54 Å². The van der Waals surface area contributed by atoms with Crippen LogP contribution in [0.25, 0.3) is 0 Å². The van der Waals surface area contributed by atoms with Gasteiger partial charge >= 0.3 is 0 Å². The Hall–Kier alpha value is -0.410. The number of hydrogen-bond acceptors (Lipinski definition) is 1. The van der Waals surface area contributed by atoms with Gasteiger partial charge in [-0.1, -0.05) is 19.4 Å². The van der Waals surface area contributed by atoms with Crippen LogP contribution in [0.15, 0.2) is 22.7 Å². The Morgan fingerprint density at radius 2 is 2.18 bits per heavy atom. The zero-order valence-electron chi connectivity index (χ0n) is 10.2. The Labute approximate surface area is 111 Å². The SMILES string of the molecule is CCCC1(CNCc2ccc(F)c(Br)c2)CC1. The van der Waals surface area contributed by atoms with Crippen LogP contribution in [0.3, 0.4) is 0 Å². The van der Waals surface area contributed by atoms with Crippen molar-refractivity contribution >= 4 is 15.9 Å². The number of rotatable bonds is 6. The minimum atomic E-state index is -0.196. The van der Waals surface area contributed by atoms with Gasteiger partial charge in [-0.25, -0.2) is 4.39 Å². The largest absolute Gasteiger partial charge is 0.312 e. The van der Waals surface area contributed by atoms with Gasteiger partial charge in [0.1, 0.15) is 5.82 Å². The van der Waals surface area contributed by atoms with Gasteiger partial charge in [-0.05, 0) is 58.3 Å². The molecular formula is C14H19BrFN. The van der Waals surface area contributed by atoms with E-state index in [-0.39, 0.29) is 5.82 Å². The van der Waals surface area contributed by atoms with E-state index in [0.717, 1.165) is 18.7 Å². The second kappa shape index (κ2) is 5.49. The highest BCUT2D eigenvalue weighted by atomic mass is 79.9. The number of nitrogens with one attached hydrogen (secondary N) is 1. The van der Waals surface area contributed by atoms with Gasteiger partial charge in [0.05, 0.1) is 4.47 Å². The summed E-state index contributed by atoms with van der Waals surface area (Å²) in [5, 5.41) is 3.49. The molecule has 0 aromatic heterocycles. The molecule has 0 unspecified atom stereocenters. The molecule has 1 aromatic rings. The van der Waals surface area contributed by atoms with Crippen molar-refractivity contribution in [3.8, 4) is 0 Å². The Morgan fingerprint density at radius 3 is 2.76 bits per heavy atom. The monoisotopic (exact) mass is 299 g/mol. The fourth-order valence-electron chi connectivity index (χ4n) is 2.34. The van der Waals surface area contributed by atoms with Crippen molar-refractivity contribution in [1.29, 1.82) is 0 Å². The summed E-state index contributed by atoms with van der Waals surface area (Å²) in [6.07, 6.45) is 5.32. The molecule has 1 fully saturated rings. The van der Waals surface area contributed by atoms with E-state index in [4.69, 9.17) is 0 Å². The topological polar surface area (TPSA) is 12.0 Å². The molecule has 17 heavy (non-hydrogen) atoms. The third-order valence-corrected chi connectivity index (χ3v) is 4.16. The smallest absolute Gasteiger partial charge is 0.137 e. The highest BCUT2D eigenvalue weighted by molar-refractivity contribution is 9.10. The van der Waals surface area contributed by atoms with Crippen molar-refractivity contribution in [3.05, 3.63) is 34.1 Å². The molecule has 3 heteroatoms. The average molecular weight is 300 g/mol. The van der Waals surface area contributed by atoms with E-state index in [1.807, 2.05) is 12.1 Å². The van der Waals surface area contributed by atoms with E-state index in [0.29, 0.717) is 9.89 Å². The standard InChI is InChI=1S/C14H19BrFN/c1-2-5-14(6-7-14)10-17-9-11-3-4-13(16)12(15)8-11/h3-4,8,17H,2,5-7,9-10H2,1H3. The number of hydrogen-bond donors (Lipinski definition) is 1. The minimum absolute atomic E-state index is 0.196. The molecule has 1 aromatic carbocycles. The number of benzene rings is 1. The van der Waals surface area contributed by atoms with E-state index in [9.17, 15) is 4.39 Å². The summed E-state index contributed by atoms with van der Waals surface area (Å²) in [5.41, 5.74) is 1.71. The van der Waals surface area contributed by atoms with Gasteiger partial charge in [-0.2, -0.15) is 0 Å². The molecule has 1 aliphatic carbocycles. The van der Waals surface area contributed by atoms with Crippen LogP contribution in [0.2, 0.25) is 0 Å². The van der Waals surface area contributed by atoms with Gasteiger partial charge in [0.15, 0.2) is 0 Å². The van der Waals surface area contributed by atoms with E-state index in [1.54, 1.807) is 0 Å². The first-order chi connectivity index (χ1) is 8.15. The van der Waals surface area contributed by atoms with Crippen LogP contribution in [-0.2, 0) is 6.54 Å². The zero-order chi connectivity index (χ0) is 12.3. The summed E-state index contributed by atoms with van der Waals surface area (Å²) in [6.45, 7) is 4.16. The lowest BCUT2D eigenvalue weighted by Crippen LogP contribution is -2.23. The van der Waals surface area contributed by atoms with E-state index in [1.165, 1.54) is 31.7 Å². The molecule has 0 saturated heterocycles. The van der Waals surface area contributed by atoms with Crippen LogP contribution in [0.1, 0.15) is 38.2 Å². The summed E-state index contributed by atoms with van der Waals surface area (Å²) in [6, 6.07) is 5.20. The maximum atomic E-state index is 13.1. The summed E-state index contributed by atoms with van der Waals surface area (Å²) in [7, 11) is 0. The van der Waals surface area contributed by atoms with E-state index < -0.39 is 0 Å². The quantitative estimate of drug-likeness (QED) is 0.828. The van der Waals surface area contributed by atoms with Crippen LogP contribution in [-0.4, -0.2) is 6.54 Å². The summed E-state index contributed by atoms with van der Waals surface area (Å²) < 4.78 is 13.6. The first kappa shape index (κ1) is 13.0. The molecule has 0 atom stereocenters. The average Bonchev–Trinajstić information content (AvgIpc) is 3.04. The summed E-state index contributed by atoms with van der Waals surface area (Å²) in [4.78, 5) is 0. The Balaban J connectivity index is 1.80. The van der Waals surface area contributed by atoms with Crippen LogP contribution in [0.4, 0.5) is 4.39 Å². The molecule has 1 nitrogen and oxygen atoms in total. The molecule has 0 amide bonds. The molecule has 0 bridgehead atoms. The Kier molecular flexibility index (Phi) is 4.21. The van der Waals surface area contributed by atoms with E-state index in [2.05, 4.69) is 28.2 Å². The van der Waals surface area contributed by atoms with Crippen molar-refractivity contribution in [2.24, 2.45) is 5.41 Å². The number of halogens is 2. The predicted octanol–water partition coefficient (Wildman–Crippen LogP) is 4.26. The molecule has 1 N–H and O–H groups in total. The molecule has 0 heterocycles. The summed E-state index contributed by atoms with van der Waals surface area (Å²) in [5.74, 6) is -0.196. The predicted molar refractivity (Wildman–Crippen MR) is 72.4 cm³/mol. The first-order valence-electron chi connectivity index (χ1n) is 6.30. The van der Waals surface area contributed by atoms with Gasteiger partial charge in [0, 0.05) is 13.1 Å².